The highest BCUT2D eigenvalue weighted by Crippen LogP contribution is 2.34. The Hall–Kier alpha value is -0.0900. The van der Waals surface area contributed by atoms with Gasteiger partial charge in [-0.25, -0.2) is 0 Å². The molecule has 1 aliphatic rings. The van der Waals surface area contributed by atoms with Gasteiger partial charge in [-0.3, -0.25) is 4.90 Å². The maximum Gasteiger partial charge on any atom is 0.0931 e. The zero-order chi connectivity index (χ0) is 10.8. The van der Waals surface area contributed by atoms with Gasteiger partial charge in [-0.2, -0.15) is 0 Å². The first-order valence-electron chi connectivity index (χ1n) is 5.43. The van der Waals surface area contributed by atoms with Crippen molar-refractivity contribution in [2.45, 2.75) is 31.8 Å². The predicted octanol–water partition coefficient (Wildman–Crippen LogP) is 2.89. The van der Waals surface area contributed by atoms with Crippen molar-refractivity contribution in [3.63, 3.8) is 0 Å². The number of nitrogens with two attached hydrogens (primary N) is 1. The van der Waals surface area contributed by atoms with Gasteiger partial charge in [-0.1, -0.05) is 11.6 Å². The van der Waals surface area contributed by atoms with E-state index in [0.29, 0.717) is 12.1 Å². The van der Waals surface area contributed by atoms with E-state index in [1.807, 2.05) is 6.07 Å². The van der Waals surface area contributed by atoms with Gasteiger partial charge in [0, 0.05) is 23.5 Å². The lowest BCUT2D eigenvalue weighted by Gasteiger charge is -2.29. The molecule has 1 saturated heterocycles. The molecule has 0 aromatic carbocycles. The van der Waals surface area contributed by atoms with Crippen LogP contribution in [0.15, 0.2) is 12.1 Å². The molecule has 2 unspecified atom stereocenters. The highest BCUT2D eigenvalue weighted by Gasteiger charge is 2.28. The van der Waals surface area contributed by atoms with Crippen LogP contribution in [0, 0.1) is 0 Å². The molecule has 1 fully saturated rings. The summed E-state index contributed by atoms with van der Waals surface area (Å²) in [5.41, 5.74) is 5.78. The Labute approximate surface area is 100 Å². The number of likely N-dealkylation sites (tertiary alicyclic amines) is 1. The molecular weight excluding hydrogens is 228 g/mol. The van der Waals surface area contributed by atoms with Gasteiger partial charge in [-0.05, 0) is 38.4 Å². The van der Waals surface area contributed by atoms with Crippen LogP contribution in [0.3, 0.4) is 0 Å². The van der Waals surface area contributed by atoms with Crippen LogP contribution < -0.4 is 5.73 Å². The van der Waals surface area contributed by atoms with Gasteiger partial charge < -0.3 is 5.73 Å². The SMILES string of the molecule is CC(c1ccc(Cl)s1)N1CCCC1CN. The van der Waals surface area contributed by atoms with Crippen molar-refractivity contribution >= 4 is 22.9 Å². The maximum atomic E-state index is 5.96. The van der Waals surface area contributed by atoms with E-state index >= 15 is 0 Å². The summed E-state index contributed by atoms with van der Waals surface area (Å²) in [6.07, 6.45) is 2.51. The summed E-state index contributed by atoms with van der Waals surface area (Å²) in [6, 6.07) is 5.12. The molecule has 0 bridgehead atoms. The van der Waals surface area contributed by atoms with E-state index < -0.39 is 0 Å². The molecule has 2 heterocycles. The fraction of sp³-hybridized carbons (Fsp3) is 0.636. The van der Waals surface area contributed by atoms with Crippen molar-refractivity contribution in [2.24, 2.45) is 5.73 Å². The van der Waals surface area contributed by atoms with Crippen LogP contribution in [-0.2, 0) is 0 Å². The molecule has 1 aromatic rings. The number of nitrogens with zero attached hydrogens (tertiary/aromatic N) is 1. The molecule has 2 atom stereocenters. The van der Waals surface area contributed by atoms with E-state index in [0.717, 1.165) is 10.9 Å². The van der Waals surface area contributed by atoms with Crippen LogP contribution in [0.4, 0.5) is 0 Å². The van der Waals surface area contributed by atoms with Crippen LogP contribution in [0.5, 0.6) is 0 Å². The van der Waals surface area contributed by atoms with Gasteiger partial charge in [-0.15, -0.1) is 11.3 Å². The van der Waals surface area contributed by atoms with E-state index in [9.17, 15) is 0 Å². The van der Waals surface area contributed by atoms with E-state index in [2.05, 4.69) is 17.9 Å². The second kappa shape index (κ2) is 4.83. The fourth-order valence-electron chi connectivity index (χ4n) is 2.34. The molecule has 1 aromatic heterocycles. The Balaban J connectivity index is 2.10. The molecule has 0 amide bonds. The van der Waals surface area contributed by atoms with Crippen LogP contribution in [0.2, 0.25) is 4.34 Å². The molecule has 84 valence electrons. The molecular formula is C11H17ClN2S. The van der Waals surface area contributed by atoms with Gasteiger partial charge >= 0.3 is 0 Å². The van der Waals surface area contributed by atoms with Gasteiger partial charge in [0.2, 0.25) is 0 Å². The van der Waals surface area contributed by atoms with Gasteiger partial charge in [0.25, 0.3) is 0 Å². The summed E-state index contributed by atoms with van der Waals surface area (Å²) >= 11 is 7.63. The molecule has 2 nitrogen and oxygen atoms in total. The van der Waals surface area contributed by atoms with Crippen molar-refractivity contribution in [3.05, 3.63) is 21.3 Å². The summed E-state index contributed by atoms with van der Waals surface area (Å²) in [5, 5.41) is 0. The van der Waals surface area contributed by atoms with Crippen LogP contribution in [0.1, 0.15) is 30.7 Å². The molecule has 2 rings (SSSR count). The second-order valence-electron chi connectivity index (χ2n) is 4.09. The van der Waals surface area contributed by atoms with Crippen LogP contribution in [0.25, 0.3) is 0 Å². The largest absolute Gasteiger partial charge is 0.329 e. The lowest BCUT2D eigenvalue weighted by Crippen LogP contribution is -2.36. The summed E-state index contributed by atoms with van der Waals surface area (Å²) in [5.74, 6) is 0. The van der Waals surface area contributed by atoms with Crippen LogP contribution >= 0.6 is 22.9 Å². The average Bonchev–Trinajstić information content (AvgIpc) is 2.84. The van der Waals surface area contributed by atoms with Gasteiger partial charge in [0.15, 0.2) is 0 Å². The zero-order valence-corrected chi connectivity index (χ0v) is 10.5. The molecule has 0 aliphatic carbocycles. The topological polar surface area (TPSA) is 29.3 Å². The summed E-state index contributed by atoms with van der Waals surface area (Å²) in [6.45, 7) is 4.18. The number of hydrogen-bond acceptors (Lipinski definition) is 3. The first-order chi connectivity index (χ1) is 7.22. The second-order valence-corrected chi connectivity index (χ2v) is 5.83. The maximum absolute atomic E-state index is 5.96. The van der Waals surface area contributed by atoms with Gasteiger partial charge in [0.05, 0.1) is 4.34 Å². The molecule has 4 heteroatoms. The molecule has 2 N–H and O–H groups in total. The Kier molecular flexibility index (Phi) is 3.67. The van der Waals surface area contributed by atoms with E-state index in [1.165, 1.54) is 24.3 Å². The first kappa shape index (κ1) is 11.4. The monoisotopic (exact) mass is 244 g/mol. The molecule has 0 saturated carbocycles. The first-order valence-corrected chi connectivity index (χ1v) is 6.63. The smallest absolute Gasteiger partial charge is 0.0931 e. The predicted molar refractivity (Wildman–Crippen MR) is 66.5 cm³/mol. The molecule has 1 aliphatic heterocycles. The third-order valence-electron chi connectivity index (χ3n) is 3.20. The normalized spacial score (nSPS) is 24.6. The van der Waals surface area contributed by atoms with Crippen molar-refractivity contribution in [3.8, 4) is 0 Å². The minimum Gasteiger partial charge on any atom is -0.329 e. The summed E-state index contributed by atoms with van der Waals surface area (Å²) in [4.78, 5) is 3.85. The molecule has 0 radical (unpaired) electrons. The summed E-state index contributed by atoms with van der Waals surface area (Å²) in [7, 11) is 0. The van der Waals surface area contributed by atoms with E-state index in [1.54, 1.807) is 11.3 Å². The van der Waals surface area contributed by atoms with E-state index in [4.69, 9.17) is 17.3 Å². The van der Waals surface area contributed by atoms with Crippen molar-refractivity contribution in [1.29, 1.82) is 0 Å². The Morgan fingerprint density at radius 3 is 3.07 bits per heavy atom. The minimum absolute atomic E-state index is 0.457. The average molecular weight is 245 g/mol. The minimum atomic E-state index is 0.457. The van der Waals surface area contributed by atoms with Crippen LogP contribution in [-0.4, -0.2) is 24.0 Å². The third-order valence-corrected chi connectivity index (χ3v) is 4.60. The Morgan fingerprint density at radius 2 is 2.47 bits per heavy atom. The number of halogens is 1. The standard InChI is InChI=1S/C11H17ClN2S/c1-8(10-4-5-11(12)15-10)14-6-2-3-9(14)7-13/h4-5,8-9H,2-3,6-7,13H2,1H3. The quantitative estimate of drug-likeness (QED) is 0.886. The number of rotatable bonds is 3. The fourth-order valence-corrected chi connectivity index (χ4v) is 3.47. The highest BCUT2D eigenvalue weighted by molar-refractivity contribution is 7.16. The lowest BCUT2D eigenvalue weighted by atomic mass is 10.2. The molecule has 15 heavy (non-hydrogen) atoms. The lowest BCUT2D eigenvalue weighted by molar-refractivity contribution is 0.199. The van der Waals surface area contributed by atoms with Gasteiger partial charge in [0.1, 0.15) is 0 Å². The van der Waals surface area contributed by atoms with Crippen molar-refractivity contribution < 1.29 is 0 Å². The molecule has 0 spiro atoms. The zero-order valence-electron chi connectivity index (χ0n) is 8.95. The van der Waals surface area contributed by atoms with Crippen molar-refractivity contribution in [1.82, 2.24) is 4.90 Å². The third kappa shape index (κ3) is 2.36. The summed E-state index contributed by atoms with van der Waals surface area (Å²) < 4.78 is 0.875. The number of hydrogen-bond donors (Lipinski definition) is 1. The number of thiophene rings is 1. The Morgan fingerprint density at radius 1 is 1.67 bits per heavy atom. The van der Waals surface area contributed by atoms with Crippen molar-refractivity contribution in [2.75, 3.05) is 13.1 Å². The van der Waals surface area contributed by atoms with E-state index in [-0.39, 0.29) is 0 Å². The highest BCUT2D eigenvalue weighted by atomic mass is 35.5. The Bertz CT molecular complexity index is 326.